The summed E-state index contributed by atoms with van der Waals surface area (Å²) in [7, 11) is 0. The first-order chi connectivity index (χ1) is 9.63. The topological polar surface area (TPSA) is 39.4 Å². The summed E-state index contributed by atoms with van der Waals surface area (Å²) in [5.74, 6) is -2.05. The van der Waals surface area contributed by atoms with Crippen molar-refractivity contribution in [1.29, 1.82) is 0 Å². The minimum atomic E-state index is -0.992. The van der Waals surface area contributed by atoms with Crippen molar-refractivity contribution in [2.75, 3.05) is 0 Å². The first kappa shape index (κ1) is 12.5. The van der Waals surface area contributed by atoms with E-state index in [0.717, 1.165) is 11.8 Å². The number of ether oxygens (including phenoxy) is 1. The van der Waals surface area contributed by atoms with Gasteiger partial charge in [0.15, 0.2) is 17.2 Å². The number of aromatic nitrogens is 3. The lowest BCUT2D eigenvalue weighted by Gasteiger charge is -2.07. The number of nitrogens with zero attached hydrogens (tertiary/aromatic N) is 3. The lowest BCUT2D eigenvalue weighted by Crippen LogP contribution is -2.02. The van der Waals surface area contributed by atoms with E-state index in [1.165, 1.54) is 12.1 Å². The van der Waals surface area contributed by atoms with Crippen LogP contribution in [0.15, 0.2) is 36.5 Å². The van der Waals surface area contributed by atoms with Gasteiger partial charge >= 0.3 is 0 Å². The number of benzene rings is 1. The van der Waals surface area contributed by atoms with Gasteiger partial charge in [0, 0.05) is 12.3 Å². The normalized spacial score (nSPS) is 10.9. The summed E-state index contributed by atoms with van der Waals surface area (Å²) in [6.45, 7) is 1.92. The molecule has 3 rings (SSSR count). The Morgan fingerprint density at radius 3 is 2.95 bits per heavy atom. The number of aryl methyl sites for hydroxylation is 1. The number of halogens is 2. The van der Waals surface area contributed by atoms with Crippen LogP contribution in [0.1, 0.15) is 11.4 Å². The van der Waals surface area contributed by atoms with Crippen LogP contribution in [-0.2, 0) is 6.61 Å². The van der Waals surface area contributed by atoms with Crippen LogP contribution >= 0.6 is 0 Å². The highest BCUT2D eigenvalue weighted by Gasteiger charge is 2.09. The number of rotatable bonds is 3. The van der Waals surface area contributed by atoms with Gasteiger partial charge < -0.3 is 4.74 Å². The summed E-state index contributed by atoms with van der Waals surface area (Å²) in [4.78, 5) is 4.32. The highest BCUT2D eigenvalue weighted by molar-refractivity contribution is 5.39. The molecule has 0 aliphatic heterocycles. The Balaban J connectivity index is 1.81. The molecule has 0 aliphatic carbocycles. The molecule has 0 bridgehead atoms. The molecule has 0 amide bonds. The molecule has 0 unspecified atom stereocenters. The number of hydrogen-bond acceptors (Lipinski definition) is 3. The first-order valence-corrected chi connectivity index (χ1v) is 6.02. The molecule has 0 radical (unpaired) electrons. The van der Waals surface area contributed by atoms with E-state index >= 15 is 0 Å². The van der Waals surface area contributed by atoms with Crippen LogP contribution < -0.4 is 4.74 Å². The van der Waals surface area contributed by atoms with Crippen molar-refractivity contribution in [2.45, 2.75) is 13.5 Å². The Bertz CT molecular complexity index is 770. The summed E-state index contributed by atoms with van der Waals surface area (Å²) in [5.41, 5.74) is 2.15. The second-order valence-electron chi connectivity index (χ2n) is 4.35. The highest BCUT2D eigenvalue weighted by atomic mass is 19.2. The van der Waals surface area contributed by atoms with E-state index < -0.39 is 11.6 Å². The predicted molar refractivity (Wildman–Crippen MR) is 68.4 cm³/mol. The molecule has 0 aliphatic rings. The molecule has 0 saturated carbocycles. The van der Waals surface area contributed by atoms with Crippen LogP contribution in [-0.4, -0.2) is 14.6 Å². The standard InChI is InChI=1S/C14H11F2N3O/c1-9-7-13-17-10(5-6-19(13)18-9)8-20-12-4-2-3-11(15)14(12)16/h2-7H,8H2,1H3. The van der Waals surface area contributed by atoms with Crippen LogP contribution in [0.25, 0.3) is 5.65 Å². The molecule has 0 N–H and O–H groups in total. The molecule has 0 spiro atoms. The van der Waals surface area contributed by atoms with Gasteiger partial charge in [-0.25, -0.2) is 13.9 Å². The molecule has 4 nitrogen and oxygen atoms in total. The maximum atomic E-state index is 13.4. The van der Waals surface area contributed by atoms with Crippen molar-refractivity contribution in [1.82, 2.24) is 14.6 Å². The van der Waals surface area contributed by atoms with Gasteiger partial charge in [0.1, 0.15) is 6.61 Å². The fourth-order valence-electron chi connectivity index (χ4n) is 1.86. The van der Waals surface area contributed by atoms with E-state index in [2.05, 4.69) is 10.1 Å². The molecular weight excluding hydrogens is 264 g/mol. The lowest BCUT2D eigenvalue weighted by molar-refractivity contribution is 0.280. The molecule has 2 aromatic heterocycles. The number of fused-ring (bicyclic) bond motifs is 1. The predicted octanol–water partition coefficient (Wildman–Crippen LogP) is 2.89. The minimum Gasteiger partial charge on any atom is -0.484 e. The monoisotopic (exact) mass is 275 g/mol. The summed E-state index contributed by atoms with van der Waals surface area (Å²) < 4.78 is 33.4. The summed E-state index contributed by atoms with van der Waals surface area (Å²) in [6, 6.07) is 7.36. The third-order valence-electron chi connectivity index (χ3n) is 2.80. The maximum Gasteiger partial charge on any atom is 0.200 e. The molecular formula is C14H11F2N3O. The average Bonchev–Trinajstić information content (AvgIpc) is 2.79. The van der Waals surface area contributed by atoms with Gasteiger partial charge in [0.25, 0.3) is 0 Å². The van der Waals surface area contributed by atoms with E-state index in [1.807, 2.05) is 13.0 Å². The van der Waals surface area contributed by atoms with Crippen molar-refractivity contribution in [2.24, 2.45) is 0 Å². The van der Waals surface area contributed by atoms with Gasteiger partial charge in [-0.1, -0.05) is 6.07 Å². The van der Waals surface area contributed by atoms with Crippen LogP contribution in [0.2, 0.25) is 0 Å². The second kappa shape index (κ2) is 4.88. The molecule has 1 aromatic carbocycles. The van der Waals surface area contributed by atoms with E-state index in [9.17, 15) is 8.78 Å². The Morgan fingerprint density at radius 1 is 1.25 bits per heavy atom. The smallest absolute Gasteiger partial charge is 0.200 e. The van der Waals surface area contributed by atoms with E-state index in [4.69, 9.17) is 4.74 Å². The lowest BCUT2D eigenvalue weighted by atomic mass is 10.3. The fourth-order valence-corrected chi connectivity index (χ4v) is 1.86. The van der Waals surface area contributed by atoms with Crippen molar-refractivity contribution in [3.05, 3.63) is 59.6 Å². The van der Waals surface area contributed by atoms with Gasteiger partial charge in [-0.3, -0.25) is 0 Å². The third-order valence-corrected chi connectivity index (χ3v) is 2.80. The molecule has 0 atom stereocenters. The first-order valence-electron chi connectivity index (χ1n) is 6.02. The zero-order valence-corrected chi connectivity index (χ0v) is 10.7. The summed E-state index contributed by atoms with van der Waals surface area (Å²) in [6.07, 6.45) is 1.75. The molecule has 3 aromatic rings. The van der Waals surface area contributed by atoms with E-state index in [1.54, 1.807) is 16.8 Å². The summed E-state index contributed by atoms with van der Waals surface area (Å²) in [5, 5.41) is 4.20. The molecule has 20 heavy (non-hydrogen) atoms. The third kappa shape index (κ3) is 2.32. The Hall–Kier alpha value is -2.50. The largest absolute Gasteiger partial charge is 0.484 e. The van der Waals surface area contributed by atoms with Gasteiger partial charge in [-0.05, 0) is 25.1 Å². The second-order valence-corrected chi connectivity index (χ2v) is 4.35. The molecule has 6 heteroatoms. The quantitative estimate of drug-likeness (QED) is 0.737. The molecule has 0 fully saturated rings. The van der Waals surface area contributed by atoms with Gasteiger partial charge in [-0.15, -0.1) is 0 Å². The van der Waals surface area contributed by atoms with Crippen molar-refractivity contribution in [3.63, 3.8) is 0 Å². The van der Waals surface area contributed by atoms with Crippen LogP contribution in [0.3, 0.4) is 0 Å². The Labute approximate surface area is 113 Å². The van der Waals surface area contributed by atoms with E-state index in [-0.39, 0.29) is 12.4 Å². The van der Waals surface area contributed by atoms with Crippen molar-refractivity contribution < 1.29 is 13.5 Å². The van der Waals surface area contributed by atoms with Gasteiger partial charge in [0.2, 0.25) is 5.82 Å². The van der Waals surface area contributed by atoms with Crippen LogP contribution in [0, 0.1) is 18.6 Å². The van der Waals surface area contributed by atoms with Gasteiger partial charge in [0.05, 0.1) is 11.4 Å². The minimum absolute atomic E-state index is 0.0566. The zero-order chi connectivity index (χ0) is 14.1. The number of hydrogen-bond donors (Lipinski definition) is 0. The van der Waals surface area contributed by atoms with Crippen LogP contribution in [0.4, 0.5) is 8.78 Å². The highest BCUT2D eigenvalue weighted by Crippen LogP contribution is 2.20. The molecule has 0 saturated heterocycles. The van der Waals surface area contributed by atoms with Crippen molar-refractivity contribution in [3.8, 4) is 5.75 Å². The Kier molecular flexibility index (Phi) is 3.06. The van der Waals surface area contributed by atoms with Crippen molar-refractivity contribution >= 4 is 5.65 Å². The summed E-state index contributed by atoms with van der Waals surface area (Å²) >= 11 is 0. The molecule has 2 heterocycles. The SMILES string of the molecule is Cc1cc2nc(COc3cccc(F)c3F)ccn2n1. The van der Waals surface area contributed by atoms with Crippen LogP contribution in [0.5, 0.6) is 5.75 Å². The Morgan fingerprint density at radius 2 is 2.10 bits per heavy atom. The average molecular weight is 275 g/mol. The molecule has 102 valence electrons. The zero-order valence-electron chi connectivity index (χ0n) is 10.7. The van der Waals surface area contributed by atoms with E-state index in [0.29, 0.717) is 11.3 Å². The van der Waals surface area contributed by atoms with Gasteiger partial charge in [-0.2, -0.15) is 9.49 Å². The maximum absolute atomic E-state index is 13.4. The fraction of sp³-hybridized carbons (Fsp3) is 0.143.